The average Bonchev–Trinajstić information content (AvgIpc) is 2.50. The molecule has 0 amide bonds. The number of nitrogens with one attached hydrogen (secondary N) is 1. The zero-order chi connectivity index (χ0) is 14.5. The molecule has 0 aliphatic carbocycles. The maximum atomic E-state index is 4.12. The van der Waals surface area contributed by atoms with Gasteiger partial charge in [0, 0.05) is 18.4 Å². The van der Waals surface area contributed by atoms with Crippen molar-refractivity contribution < 1.29 is 0 Å². The van der Waals surface area contributed by atoms with Crippen LogP contribution in [0.3, 0.4) is 0 Å². The quantitative estimate of drug-likeness (QED) is 0.526. The molecule has 1 aromatic rings. The van der Waals surface area contributed by atoms with Gasteiger partial charge in [-0.2, -0.15) is 0 Å². The van der Waals surface area contributed by atoms with Crippen LogP contribution in [0.1, 0.15) is 83.2 Å². The Morgan fingerprint density at radius 2 is 1.55 bits per heavy atom. The molecule has 114 valence electrons. The largest absolute Gasteiger partial charge is 0.310 e. The summed E-state index contributed by atoms with van der Waals surface area (Å²) in [5, 5.41) is 3.67. The van der Waals surface area contributed by atoms with Crippen molar-refractivity contribution in [2.24, 2.45) is 0 Å². The van der Waals surface area contributed by atoms with Gasteiger partial charge in [0.1, 0.15) is 0 Å². The Labute approximate surface area is 125 Å². The van der Waals surface area contributed by atoms with Gasteiger partial charge in [-0.1, -0.05) is 58.8 Å². The van der Waals surface area contributed by atoms with Gasteiger partial charge in [-0.3, -0.25) is 4.98 Å². The fraction of sp³-hybridized carbons (Fsp3) is 0.722. The predicted octanol–water partition coefficient (Wildman–Crippen LogP) is 5.26. The van der Waals surface area contributed by atoms with E-state index in [0.29, 0.717) is 6.04 Å². The van der Waals surface area contributed by atoms with Crippen LogP contribution in [0.15, 0.2) is 24.5 Å². The fourth-order valence-corrected chi connectivity index (χ4v) is 2.61. The molecular formula is C18H32N2. The molecule has 2 heteroatoms. The fourth-order valence-electron chi connectivity index (χ4n) is 2.61. The molecule has 0 fully saturated rings. The van der Waals surface area contributed by atoms with Crippen molar-refractivity contribution in [1.82, 2.24) is 10.3 Å². The van der Waals surface area contributed by atoms with E-state index >= 15 is 0 Å². The molecule has 0 saturated heterocycles. The number of rotatable bonds is 12. The molecule has 0 spiro atoms. The van der Waals surface area contributed by atoms with Crippen LogP contribution in [0.5, 0.6) is 0 Å². The van der Waals surface area contributed by atoms with E-state index in [1.54, 1.807) is 0 Å². The van der Waals surface area contributed by atoms with Gasteiger partial charge in [0.05, 0.1) is 0 Å². The number of nitrogens with zero attached hydrogens (tertiary/aromatic N) is 1. The first-order chi connectivity index (χ1) is 9.88. The van der Waals surface area contributed by atoms with Crippen molar-refractivity contribution in [1.29, 1.82) is 0 Å². The van der Waals surface area contributed by atoms with Crippen LogP contribution in [-0.2, 0) is 0 Å². The van der Waals surface area contributed by atoms with Crippen LogP contribution >= 0.6 is 0 Å². The average molecular weight is 276 g/mol. The first-order valence-electron chi connectivity index (χ1n) is 8.51. The van der Waals surface area contributed by atoms with E-state index in [-0.39, 0.29) is 0 Å². The summed E-state index contributed by atoms with van der Waals surface area (Å²) < 4.78 is 0. The monoisotopic (exact) mass is 276 g/mol. The Balaban J connectivity index is 2.24. The van der Waals surface area contributed by atoms with Crippen molar-refractivity contribution in [2.75, 3.05) is 6.54 Å². The summed E-state index contributed by atoms with van der Waals surface area (Å²) in [6.45, 7) is 5.60. The van der Waals surface area contributed by atoms with Crippen molar-refractivity contribution >= 4 is 0 Å². The lowest BCUT2D eigenvalue weighted by Crippen LogP contribution is -2.22. The van der Waals surface area contributed by atoms with Gasteiger partial charge in [-0.25, -0.2) is 0 Å². The third-order valence-corrected chi connectivity index (χ3v) is 3.85. The molecular weight excluding hydrogens is 244 g/mol. The van der Waals surface area contributed by atoms with Gasteiger partial charge >= 0.3 is 0 Å². The molecule has 0 saturated carbocycles. The standard InChI is InChI=1S/C18H32N2/c1-3-5-6-7-8-9-10-11-18(20-14-4-2)17-12-15-19-16-13-17/h12-13,15-16,18,20H,3-11,14H2,1-2H3. The van der Waals surface area contributed by atoms with Crippen LogP contribution in [0.4, 0.5) is 0 Å². The number of unbranched alkanes of at least 4 members (excludes halogenated alkanes) is 6. The summed E-state index contributed by atoms with van der Waals surface area (Å²) >= 11 is 0. The van der Waals surface area contributed by atoms with E-state index in [0.717, 1.165) is 6.54 Å². The zero-order valence-corrected chi connectivity index (χ0v) is 13.4. The second-order valence-electron chi connectivity index (χ2n) is 5.70. The smallest absolute Gasteiger partial charge is 0.0321 e. The zero-order valence-electron chi connectivity index (χ0n) is 13.4. The third kappa shape index (κ3) is 7.64. The molecule has 0 aromatic carbocycles. The minimum absolute atomic E-state index is 0.508. The SMILES string of the molecule is CCCCCCCCCC(NCCC)c1ccncc1. The topological polar surface area (TPSA) is 24.9 Å². The van der Waals surface area contributed by atoms with Crippen LogP contribution < -0.4 is 5.32 Å². The van der Waals surface area contributed by atoms with Crippen molar-refractivity contribution in [2.45, 2.75) is 77.7 Å². The molecule has 1 N–H and O–H groups in total. The number of pyridine rings is 1. The van der Waals surface area contributed by atoms with Gasteiger partial charge in [-0.15, -0.1) is 0 Å². The van der Waals surface area contributed by atoms with Crippen LogP contribution in [0, 0.1) is 0 Å². The summed E-state index contributed by atoms with van der Waals surface area (Å²) in [7, 11) is 0. The van der Waals surface area contributed by atoms with Crippen LogP contribution in [-0.4, -0.2) is 11.5 Å². The first-order valence-corrected chi connectivity index (χ1v) is 8.51. The third-order valence-electron chi connectivity index (χ3n) is 3.85. The predicted molar refractivity (Wildman–Crippen MR) is 87.9 cm³/mol. The number of hydrogen-bond donors (Lipinski definition) is 1. The van der Waals surface area contributed by atoms with Crippen molar-refractivity contribution in [3.05, 3.63) is 30.1 Å². The molecule has 1 unspecified atom stereocenters. The highest BCUT2D eigenvalue weighted by Gasteiger charge is 2.09. The lowest BCUT2D eigenvalue weighted by molar-refractivity contribution is 0.465. The van der Waals surface area contributed by atoms with Gasteiger partial charge in [0.15, 0.2) is 0 Å². The summed E-state index contributed by atoms with van der Waals surface area (Å²) in [4.78, 5) is 4.12. The Bertz CT molecular complexity index is 310. The molecule has 20 heavy (non-hydrogen) atoms. The van der Waals surface area contributed by atoms with Gasteiger partial charge in [-0.05, 0) is 37.1 Å². The lowest BCUT2D eigenvalue weighted by atomic mass is 10.00. The van der Waals surface area contributed by atoms with Gasteiger partial charge in [0.25, 0.3) is 0 Å². The summed E-state index contributed by atoms with van der Waals surface area (Å²) in [5.41, 5.74) is 1.39. The Morgan fingerprint density at radius 3 is 2.20 bits per heavy atom. The molecule has 0 bridgehead atoms. The van der Waals surface area contributed by atoms with E-state index in [1.807, 2.05) is 12.4 Å². The van der Waals surface area contributed by atoms with Gasteiger partial charge < -0.3 is 5.32 Å². The summed E-state index contributed by atoms with van der Waals surface area (Å²) in [6, 6.07) is 4.80. The maximum Gasteiger partial charge on any atom is 0.0321 e. The van der Waals surface area contributed by atoms with E-state index in [1.165, 1.54) is 63.4 Å². The molecule has 0 radical (unpaired) electrons. The van der Waals surface area contributed by atoms with E-state index in [4.69, 9.17) is 0 Å². The second kappa shape index (κ2) is 11.9. The van der Waals surface area contributed by atoms with Crippen LogP contribution in [0.2, 0.25) is 0 Å². The molecule has 1 aromatic heterocycles. The summed E-state index contributed by atoms with van der Waals surface area (Å²) in [6.07, 6.45) is 15.9. The summed E-state index contributed by atoms with van der Waals surface area (Å²) in [5.74, 6) is 0. The minimum atomic E-state index is 0.508. The van der Waals surface area contributed by atoms with E-state index < -0.39 is 0 Å². The molecule has 1 rings (SSSR count). The van der Waals surface area contributed by atoms with E-state index in [9.17, 15) is 0 Å². The number of hydrogen-bond acceptors (Lipinski definition) is 2. The molecule has 2 nitrogen and oxygen atoms in total. The Kier molecular flexibility index (Phi) is 10.2. The number of aromatic nitrogens is 1. The minimum Gasteiger partial charge on any atom is -0.310 e. The lowest BCUT2D eigenvalue weighted by Gasteiger charge is -2.18. The van der Waals surface area contributed by atoms with Crippen molar-refractivity contribution in [3.8, 4) is 0 Å². The highest BCUT2D eigenvalue weighted by Crippen LogP contribution is 2.20. The van der Waals surface area contributed by atoms with Crippen LogP contribution in [0.25, 0.3) is 0 Å². The molecule has 1 atom stereocenters. The molecule has 1 heterocycles. The highest BCUT2D eigenvalue weighted by atomic mass is 14.9. The van der Waals surface area contributed by atoms with Crippen molar-refractivity contribution in [3.63, 3.8) is 0 Å². The first kappa shape index (κ1) is 17.2. The van der Waals surface area contributed by atoms with Gasteiger partial charge in [0.2, 0.25) is 0 Å². The molecule has 0 aliphatic heterocycles. The molecule has 0 aliphatic rings. The Hall–Kier alpha value is -0.890. The highest BCUT2D eigenvalue weighted by molar-refractivity contribution is 5.14. The Morgan fingerprint density at radius 1 is 0.900 bits per heavy atom. The maximum absolute atomic E-state index is 4.12. The normalized spacial score (nSPS) is 12.5. The van der Waals surface area contributed by atoms with E-state index in [2.05, 4.69) is 36.3 Å². The second-order valence-corrected chi connectivity index (χ2v) is 5.70.